The standard InChI is InChI=1S/C16H13F6NO/c1-9-2-4-10(5-3-9)13(24)23-12-7-6-11(8-12)14(23,15(17,18)19)16(20,21)22/h2-7,11-12H,8H2,1H3/t11-,12+/m1/s1. The Kier molecular flexibility index (Phi) is 3.51. The van der Waals surface area contributed by atoms with Gasteiger partial charge in [0.15, 0.2) is 0 Å². The van der Waals surface area contributed by atoms with Crippen LogP contribution in [0.25, 0.3) is 0 Å². The van der Waals surface area contributed by atoms with Crippen LogP contribution in [0.1, 0.15) is 22.3 Å². The molecule has 1 aliphatic heterocycles. The molecule has 3 rings (SSSR count). The lowest BCUT2D eigenvalue weighted by molar-refractivity contribution is -0.336. The van der Waals surface area contributed by atoms with Gasteiger partial charge in [0.2, 0.25) is 5.54 Å². The normalized spacial score (nSPS) is 25.4. The fraction of sp³-hybridized carbons (Fsp3) is 0.438. The molecule has 24 heavy (non-hydrogen) atoms. The highest BCUT2D eigenvalue weighted by Crippen LogP contribution is 2.60. The molecule has 1 aliphatic carbocycles. The van der Waals surface area contributed by atoms with Crippen LogP contribution in [0.3, 0.4) is 0 Å². The zero-order valence-corrected chi connectivity index (χ0v) is 12.4. The molecule has 1 fully saturated rings. The number of nitrogens with zero attached hydrogens (tertiary/aromatic N) is 1. The third-order valence-electron chi connectivity index (χ3n) is 4.69. The Morgan fingerprint density at radius 2 is 1.58 bits per heavy atom. The number of alkyl halides is 6. The first-order valence-electron chi connectivity index (χ1n) is 7.22. The lowest BCUT2D eigenvalue weighted by Gasteiger charge is -2.46. The van der Waals surface area contributed by atoms with E-state index in [2.05, 4.69) is 0 Å². The van der Waals surface area contributed by atoms with E-state index in [1.807, 2.05) is 0 Å². The minimum atomic E-state index is -5.63. The zero-order valence-electron chi connectivity index (χ0n) is 12.4. The predicted octanol–water partition coefficient (Wildman–Crippen LogP) is 4.26. The van der Waals surface area contributed by atoms with Crippen LogP contribution in [0.4, 0.5) is 26.3 Å². The molecule has 8 heteroatoms. The molecule has 0 N–H and O–H groups in total. The first-order valence-corrected chi connectivity index (χ1v) is 7.22. The van der Waals surface area contributed by atoms with E-state index < -0.39 is 35.8 Å². The number of amides is 1. The molecule has 1 aromatic rings. The fourth-order valence-corrected chi connectivity index (χ4v) is 3.62. The number of rotatable bonds is 1. The minimum absolute atomic E-state index is 0.0255. The van der Waals surface area contributed by atoms with Crippen molar-refractivity contribution < 1.29 is 31.1 Å². The minimum Gasteiger partial charge on any atom is -0.309 e. The highest BCUT2D eigenvalue weighted by atomic mass is 19.4. The Labute approximate surface area is 133 Å². The first-order chi connectivity index (χ1) is 11.0. The number of carbonyl (C=O) groups is 1. The highest BCUT2D eigenvalue weighted by Gasteiger charge is 2.81. The lowest BCUT2D eigenvalue weighted by atomic mass is 9.83. The molecule has 1 aromatic carbocycles. The Balaban J connectivity index is 2.15. The summed E-state index contributed by atoms with van der Waals surface area (Å²) in [5, 5.41) is 0. The maximum absolute atomic E-state index is 13.6. The number of carbonyl (C=O) groups excluding carboxylic acids is 1. The SMILES string of the molecule is Cc1ccc(C(=O)N2[C@H]3C=C[C@H](C3)C2(C(F)(F)F)C(F)(F)F)cc1. The van der Waals surface area contributed by atoms with Gasteiger partial charge >= 0.3 is 12.4 Å². The molecular formula is C16H13F6NO. The Morgan fingerprint density at radius 1 is 1.04 bits per heavy atom. The maximum atomic E-state index is 13.6. The van der Waals surface area contributed by atoms with Crippen LogP contribution in [0, 0.1) is 12.8 Å². The molecule has 1 saturated heterocycles. The predicted molar refractivity (Wildman–Crippen MR) is 73.2 cm³/mol. The van der Waals surface area contributed by atoms with E-state index in [4.69, 9.17) is 0 Å². The Bertz CT molecular complexity index is 674. The monoisotopic (exact) mass is 349 g/mol. The summed E-state index contributed by atoms with van der Waals surface area (Å²) in [6.45, 7) is 1.70. The van der Waals surface area contributed by atoms with Gasteiger partial charge in [-0.25, -0.2) is 0 Å². The largest absolute Gasteiger partial charge is 0.421 e. The summed E-state index contributed by atoms with van der Waals surface area (Å²) in [4.78, 5) is 12.5. The molecule has 1 heterocycles. The quantitative estimate of drug-likeness (QED) is 0.548. The molecule has 0 spiro atoms. The molecular weight excluding hydrogens is 336 g/mol. The van der Waals surface area contributed by atoms with Gasteiger partial charge in [-0.1, -0.05) is 29.8 Å². The van der Waals surface area contributed by atoms with Crippen LogP contribution < -0.4 is 0 Å². The maximum Gasteiger partial charge on any atom is 0.421 e. The number of fused-ring (bicyclic) bond motifs is 2. The van der Waals surface area contributed by atoms with E-state index in [0.717, 1.165) is 11.6 Å². The molecule has 2 nitrogen and oxygen atoms in total. The van der Waals surface area contributed by atoms with Gasteiger partial charge in [-0.05, 0) is 25.5 Å². The van der Waals surface area contributed by atoms with Crippen molar-refractivity contribution in [1.82, 2.24) is 4.90 Å². The van der Waals surface area contributed by atoms with E-state index in [-0.39, 0.29) is 16.9 Å². The van der Waals surface area contributed by atoms with Gasteiger partial charge in [0.25, 0.3) is 5.91 Å². The molecule has 0 saturated carbocycles. The van der Waals surface area contributed by atoms with E-state index in [1.54, 1.807) is 6.92 Å². The van der Waals surface area contributed by atoms with Crippen molar-refractivity contribution in [3.8, 4) is 0 Å². The average Bonchev–Trinajstić information content (AvgIpc) is 3.04. The molecule has 0 aromatic heterocycles. The van der Waals surface area contributed by atoms with Gasteiger partial charge in [0.05, 0.1) is 6.04 Å². The van der Waals surface area contributed by atoms with E-state index >= 15 is 0 Å². The fourth-order valence-electron chi connectivity index (χ4n) is 3.62. The molecule has 0 unspecified atom stereocenters. The topological polar surface area (TPSA) is 20.3 Å². The molecule has 130 valence electrons. The van der Waals surface area contributed by atoms with Gasteiger partial charge in [0, 0.05) is 11.5 Å². The second-order valence-corrected chi connectivity index (χ2v) is 6.10. The van der Waals surface area contributed by atoms with Crippen LogP contribution in [0.5, 0.6) is 0 Å². The number of benzene rings is 1. The Hall–Kier alpha value is -1.99. The smallest absolute Gasteiger partial charge is 0.309 e. The summed E-state index contributed by atoms with van der Waals surface area (Å²) in [5.74, 6) is -3.08. The highest BCUT2D eigenvalue weighted by molar-refractivity contribution is 5.96. The number of halogens is 6. The summed E-state index contributed by atoms with van der Waals surface area (Å²) < 4.78 is 81.7. The van der Waals surface area contributed by atoms with Crippen molar-refractivity contribution in [2.24, 2.45) is 5.92 Å². The van der Waals surface area contributed by atoms with Gasteiger partial charge in [-0.3, -0.25) is 4.79 Å². The van der Waals surface area contributed by atoms with Gasteiger partial charge in [0.1, 0.15) is 0 Å². The third kappa shape index (κ3) is 2.08. The van der Waals surface area contributed by atoms with Crippen molar-refractivity contribution in [3.05, 3.63) is 47.5 Å². The van der Waals surface area contributed by atoms with Crippen LogP contribution >= 0.6 is 0 Å². The molecule has 0 radical (unpaired) electrons. The van der Waals surface area contributed by atoms with Crippen molar-refractivity contribution in [2.75, 3.05) is 0 Å². The van der Waals surface area contributed by atoms with Crippen LogP contribution in [0.2, 0.25) is 0 Å². The number of hydrogen-bond donors (Lipinski definition) is 0. The second-order valence-electron chi connectivity index (χ2n) is 6.10. The second kappa shape index (κ2) is 5.00. The molecule has 2 aliphatic rings. The van der Waals surface area contributed by atoms with Crippen molar-refractivity contribution >= 4 is 5.91 Å². The van der Waals surface area contributed by atoms with Crippen molar-refractivity contribution in [1.29, 1.82) is 0 Å². The summed E-state index contributed by atoms with van der Waals surface area (Å²) in [6, 6.07) is 4.21. The van der Waals surface area contributed by atoms with Crippen LogP contribution in [-0.2, 0) is 0 Å². The number of aryl methyl sites for hydroxylation is 1. The Morgan fingerprint density at radius 3 is 2.08 bits per heavy atom. The molecule has 2 bridgehead atoms. The van der Waals surface area contributed by atoms with Crippen LogP contribution in [0.15, 0.2) is 36.4 Å². The molecule has 2 atom stereocenters. The van der Waals surface area contributed by atoms with Gasteiger partial charge < -0.3 is 4.90 Å². The summed E-state index contributed by atoms with van der Waals surface area (Å²) in [7, 11) is 0. The first kappa shape index (κ1) is 16.9. The number of hydrogen-bond acceptors (Lipinski definition) is 1. The summed E-state index contributed by atoms with van der Waals surface area (Å²) in [5.41, 5.74) is -3.63. The third-order valence-corrected chi connectivity index (χ3v) is 4.69. The zero-order chi connectivity index (χ0) is 17.9. The average molecular weight is 349 g/mol. The lowest BCUT2D eigenvalue weighted by Crippen LogP contribution is -2.70. The summed E-state index contributed by atoms with van der Waals surface area (Å²) >= 11 is 0. The van der Waals surface area contributed by atoms with Crippen LogP contribution in [-0.4, -0.2) is 34.7 Å². The van der Waals surface area contributed by atoms with Gasteiger partial charge in [-0.15, -0.1) is 0 Å². The number of likely N-dealkylation sites (tertiary alicyclic amines) is 1. The van der Waals surface area contributed by atoms with E-state index in [1.165, 1.54) is 30.3 Å². The van der Waals surface area contributed by atoms with Crippen molar-refractivity contribution in [3.63, 3.8) is 0 Å². The molecule has 1 amide bonds. The van der Waals surface area contributed by atoms with Gasteiger partial charge in [-0.2, -0.15) is 26.3 Å². The van der Waals surface area contributed by atoms with E-state index in [0.29, 0.717) is 0 Å². The summed E-state index contributed by atoms with van der Waals surface area (Å²) in [6.07, 6.45) is -9.47. The van der Waals surface area contributed by atoms with Crippen molar-refractivity contribution in [2.45, 2.75) is 37.3 Å². The van der Waals surface area contributed by atoms with E-state index in [9.17, 15) is 31.1 Å².